The first-order valence-corrected chi connectivity index (χ1v) is 9.54. The number of nitrogens with zero attached hydrogens (tertiary/aromatic N) is 1. The zero-order valence-corrected chi connectivity index (χ0v) is 18.4. The van der Waals surface area contributed by atoms with Crippen LogP contribution in [-0.2, 0) is 0 Å². The number of pyridine rings is 1. The number of carbonyl (C=O) groups is 1. The Labute approximate surface area is 191 Å². The summed E-state index contributed by atoms with van der Waals surface area (Å²) in [5, 5.41) is 9.33. The van der Waals surface area contributed by atoms with Crippen LogP contribution in [0, 0.1) is 11.2 Å². The van der Waals surface area contributed by atoms with Crippen LogP contribution in [0.4, 0.5) is 23.4 Å². The van der Waals surface area contributed by atoms with Gasteiger partial charge in [0.15, 0.2) is 17.7 Å². The lowest BCUT2D eigenvalue weighted by Gasteiger charge is -2.21. The highest BCUT2D eigenvalue weighted by Gasteiger charge is 2.39. The van der Waals surface area contributed by atoms with Gasteiger partial charge in [0.25, 0.3) is 5.91 Å². The van der Waals surface area contributed by atoms with Crippen LogP contribution in [0.15, 0.2) is 35.1 Å². The molecule has 13 heteroatoms. The molecule has 0 saturated heterocycles. The minimum Gasteiger partial charge on any atom is -0.493 e. The van der Waals surface area contributed by atoms with Gasteiger partial charge >= 0.3 is 6.18 Å². The molecule has 1 aromatic carbocycles. The molecule has 0 aliphatic rings. The van der Waals surface area contributed by atoms with Crippen molar-refractivity contribution in [2.45, 2.75) is 26.1 Å². The molecule has 8 nitrogen and oxygen atoms in total. The van der Waals surface area contributed by atoms with Gasteiger partial charge in [-0.15, -0.1) is 0 Å². The minimum absolute atomic E-state index is 0.0387. The number of benzene rings is 1. The lowest BCUT2D eigenvalue weighted by Crippen LogP contribution is -2.33. The van der Waals surface area contributed by atoms with Crippen LogP contribution in [0.2, 0.25) is 0 Å². The second kappa shape index (κ2) is 9.94. The number of rotatable bonds is 7. The minimum atomic E-state index is -4.78. The molecule has 0 saturated carbocycles. The van der Waals surface area contributed by atoms with E-state index in [4.69, 9.17) is 38.0 Å². The lowest BCUT2D eigenvalue weighted by molar-refractivity contribution is -0.189. The van der Waals surface area contributed by atoms with Crippen molar-refractivity contribution in [3.63, 3.8) is 0 Å². The van der Waals surface area contributed by atoms with E-state index in [1.165, 1.54) is 26.2 Å². The normalized spacial score (nSPS) is 13.1. The summed E-state index contributed by atoms with van der Waals surface area (Å²) in [5.74, 6) is -2.58. The Morgan fingerprint density at radius 2 is 1.91 bits per heavy atom. The van der Waals surface area contributed by atoms with Crippen molar-refractivity contribution in [2.24, 2.45) is 5.73 Å². The molecule has 1 amide bonds. The third kappa shape index (κ3) is 6.04. The van der Waals surface area contributed by atoms with Gasteiger partial charge in [-0.3, -0.25) is 4.79 Å². The Morgan fingerprint density at radius 3 is 2.39 bits per heavy atom. The van der Waals surface area contributed by atoms with Crippen molar-refractivity contribution in [1.29, 1.82) is 5.41 Å². The Kier molecular flexibility index (Phi) is 7.75. The van der Waals surface area contributed by atoms with Crippen molar-refractivity contribution in [3.8, 4) is 22.8 Å². The summed E-state index contributed by atoms with van der Waals surface area (Å²) in [6, 6.07) is 4.29. The topological polar surface area (TPSA) is 136 Å². The van der Waals surface area contributed by atoms with Gasteiger partial charge in [-0.05, 0) is 38.1 Å². The molecule has 0 aliphatic heterocycles. The molecule has 2 rings (SSSR count). The molecule has 2 aromatic rings. The number of alkyl halides is 3. The molecule has 1 aromatic heterocycles. The zero-order chi connectivity index (χ0) is 25.1. The average Bonchev–Trinajstić information content (AvgIpc) is 2.71. The van der Waals surface area contributed by atoms with Gasteiger partial charge in [-0.25, -0.2) is 9.37 Å². The Balaban J connectivity index is 2.63. The van der Waals surface area contributed by atoms with Crippen molar-refractivity contribution >= 4 is 29.0 Å². The number of ether oxygens (including phenoxy) is 2. The number of amides is 1. The number of hydrogen-bond acceptors (Lipinski definition) is 7. The van der Waals surface area contributed by atoms with Crippen molar-refractivity contribution in [3.05, 3.63) is 46.5 Å². The number of nitrogens with two attached hydrogens (primary N) is 2. The molecule has 0 aliphatic carbocycles. The number of nitrogen functional groups attached to an aromatic ring is 1. The van der Waals surface area contributed by atoms with Gasteiger partial charge < -0.3 is 31.7 Å². The number of nitrogens with one attached hydrogen (secondary N) is 2. The van der Waals surface area contributed by atoms with E-state index < -0.39 is 40.5 Å². The predicted octanol–water partition coefficient (Wildman–Crippen LogP) is 3.94. The Bertz CT molecular complexity index is 1120. The largest absolute Gasteiger partial charge is 0.493 e. The number of anilines is 1. The maximum atomic E-state index is 14.9. The molecule has 0 fully saturated rings. The maximum absolute atomic E-state index is 14.9. The highest BCUT2D eigenvalue weighted by molar-refractivity contribution is 6.31. The number of methoxy groups -OCH3 is 1. The van der Waals surface area contributed by atoms with Crippen LogP contribution in [0.1, 0.15) is 24.2 Å². The van der Waals surface area contributed by atoms with Crippen LogP contribution in [0.25, 0.3) is 11.3 Å². The number of aromatic nitrogens is 1. The monoisotopic (exact) mass is 489 g/mol. The fourth-order valence-corrected chi connectivity index (χ4v) is 2.77. The van der Waals surface area contributed by atoms with E-state index in [2.05, 4.69) is 10.3 Å². The summed E-state index contributed by atoms with van der Waals surface area (Å²) in [7, 11) is 1.35. The van der Waals surface area contributed by atoms with E-state index >= 15 is 0 Å². The summed E-state index contributed by atoms with van der Waals surface area (Å²) in [6.07, 6.45) is -7.11. The molecule has 1 atom stereocenters. The molecule has 0 bridgehead atoms. The summed E-state index contributed by atoms with van der Waals surface area (Å²) in [5.41, 5.74) is 9.70. The zero-order valence-electron chi connectivity index (χ0n) is 17.6. The van der Waals surface area contributed by atoms with Gasteiger partial charge in [-0.2, -0.15) is 13.2 Å². The van der Waals surface area contributed by atoms with Crippen molar-refractivity contribution in [1.82, 2.24) is 10.3 Å². The summed E-state index contributed by atoms with van der Waals surface area (Å²) in [4.78, 5) is 16.7. The van der Waals surface area contributed by atoms with E-state index in [1.54, 1.807) is 0 Å². The molecule has 0 radical (unpaired) electrons. The lowest BCUT2D eigenvalue weighted by atomic mass is 10.0. The molecule has 178 valence electrons. The third-order valence-corrected chi connectivity index (χ3v) is 4.50. The van der Waals surface area contributed by atoms with E-state index in [0.29, 0.717) is 6.07 Å². The molecule has 1 heterocycles. The summed E-state index contributed by atoms with van der Waals surface area (Å²) < 4.78 is 64.2. The summed E-state index contributed by atoms with van der Waals surface area (Å²) >= 11 is 5.65. The number of hydrogen-bond donors (Lipinski definition) is 4. The molecule has 6 N–H and O–H groups in total. The Hall–Kier alpha value is -3.54. The van der Waals surface area contributed by atoms with Gasteiger partial charge in [0, 0.05) is 5.56 Å². The van der Waals surface area contributed by atoms with Crippen LogP contribution in [0.3, 0.4) is 0 Å². The number of carbonyl (C=O) groups excluding carboxylic acids is 1. The predicted molar refractivity (Wildman–Crippen MR) is 115 cm³/mol. The van der Waals surface area contributed by atoms with Crippen LogP contribution >= 0.6 is 11.6 Å². The van der Waals surface area contributed by atoms with Crippen molar-refractivity contribution < 1.29 is 31.8 Å². The van der Waals surface area contributed by atoms with Gasteiger partial charge in [-0.1, -0.05) is 11.6 Å². The number of allylic oxidation sites excluding steroid dienone is 1. The average molecular weight is 490 g/mol. The first-order chi connectivity index (χ1) is 15.3. The van der Waals surface area contributed by atoms with Crippen LogP contribution in [0.5, 0.6) is 11.5 Å². The van der Waals surface area contributed by atoms with E-state index in [1.807, 2.05) is 0 Å². The van der Waals surface area contributed by atoms with Crippen molar-refractivity contribution in [2.75, 3.05) is 12.8 Å². The summed E-state index contributed by atoms with van der Waals surface area (Å²) in [6.45, 7) is 1.98. The molecule has 33 heavy (non-hydrogen) atoms. The van der Waals surface area contributed by atoms with Gasteiger partial charge in [0.05, 0.1) is 29.8 Å². The maximum Gasteiger partial charge on any atom is 0.425 e. The van der Waals surface area contributed by atoms with Crippen LogP contribution in [-0.4, -0.2) is 36.0 Å². The highest BCUT2D eigenvalue weighted by atomic mass is 35.5. The van der Waals surface area contributed by atoms with Crippen LogP contribution < -0.4 is 26.3 Å². The molecular formula is C20H20ClF4N5O3. The second-order valence-corrected chi connectivity index (χ2v) is 7.12. The Morgan fingerprint density at radius 1 is 1.27 bits per heavy atom. The SMILES string of the molecule is COc1ccc(-c2cc(O[C@@H](C)C(F)(F)F)c(C(=O)N/C(C(C)=N)=C(/N)Cl)cc2F)nc1N. The standard InChI is InChI=1S/C20H20ClF4N5O3/c1-8(26)16(17(21)27)30-19(31)11-6-12(22)10(7-15(11)33-9(2)20(23,24)25)13-4-5-14(32-3)18(28)29-13/h4-7,9,26H,27H2,1-3H3,(H2,28,29)(H,30,31)/b17-16+,26-8?/t9-/m0/s1. The van der Waals surface area contributed by atoms with Gasteiger partial charge in [0.1, 0.15) is 16.7 Å². The van der Waals surface area contributed by atoms with Gasteiger partial charge in [0.2, 0.25) is 0 Å². The third-order valence-electron chi connectivity index (χ3n) is 4.31. The first-order valence-electron chi connectivity index (χ1n) is 9.16. The molecule has 0 spiro atoms. The quantitative estimate of drug-likeness (QED) is 0.264. The molecular weight excluding hydrogens is 470 g/mol. The van der Waals surface area contributed by atoms with E-state index in [-0.39, 0.29) is 34.2 Å². The molecule has 0 unspecified atom stereocenters. The van der Waals surface area contributed by atoms with E-state index in [0.717, 1.165) is 13.0 Å². The highest BCUT2D eigenvalue weighted by Crippen LogP contribution is 2.34. The number of halogens is 5. The fourth-order valence-electron chi connectivity index (χ4n) is 2.58. The first kappa shape index (κ1) is 25.7. The second-order valence-electron chi connectivity index (χ2n) is 6.72. The van der Waals surface area contributed by atoms with E-state index in [9.17, 15) is 22.4 Å². The fraction of sp³-hybridized carbons (Fsp3) is 0.250. The smallest absolute Gasteiger partial charge is 0.425 e.